The number of anilines is 1. The number of aryl methyl sites for hydroxylation is 1. The van der Waals surface area contributed by atoms with Crippen molar-refractivity contribution in [1.29, 1.82) is 0 Å². The number of nitrogens with zero attached hydrogens (tertiary/aromatic N) is 2. The lowest BCUT2D eigenvalue weighted by Gasteiger charge is -2.22. The molecule has 1 aromatic carbocycles. The van der Waals surface area contributed by atoms with Gasteiger partial charge in [-0.3, -0.25) is 4.57 Å². The van der Waals surface area contributed by atoms with Gasteiger partial charge in [0.25, 0.3) is 0 Å². The van der Waals surface area contributed by atoms with Crippen molar-refractivity contribution in [1.82, 2.24) is 0 Å². The second-order valence-electron chi connectivity index (χ2n) is 6.52. The molecule has 0 unspecified atom stereocenters. The summed E-state index contributed by atoms with van der Waals surface area (Å²) in [6.07, 6.45) is 7.45. The molecule has 150 valence electrons. The molecule has 1 aliphatic rings. The molecule has 0 N–H and O–H groups in total. The number of fused-ring (bicyclic) bond motifs is 1. The third kappa shape index (κ3) is 5.26. The van der Waals surface area contributed by atoms with Crippen molar-refractivity contribution in [2.24, 2.45) is 7.05 Å². The van der Waals surface area contributed by atoms with Gasteiger partial charge in [-0.15, -0.1) is 0 Å². The fraction of sp³-hybridized carbons (Fsp3) is 0.381. The largest absolute Gasteiger partial charge is 0.335 e. The summed E-state index contributed by atoms with van der Waals surface area (Å²) >= 11 is 1.77. The van der Waals surface area contributed by atoms with Gasteiger partial charge in [0.2, 0.25) is 0 Å². The van der Waals surface area contributed by atoms with Crippen LogP contribution in [0, 0.1) is 0 Å². The van der Waals surface area contributed by atoms with Gasteiger partial charge in [0.05, 0.1) is 30.1 Å². The van der Waals surface area contributed by atoms with Crippen LogP contribution in [-0.4, -0.2) is 25.9 Å². The average Bonchev–Trinajstić information content (AvgIpc) is 3.01. The molecule has 5 nitrogen and oxygen atoms in total. The van der Waals surface area contributed by atoms with E-state index in [0.717, 1.165) is 18.5 Å². The molecule has 1 aliphatic heterocycles. The molecule has 28 heavy (non-hydrogen) atoms. The van der Waals surface area contributed by atoms with Crippen LogP contribution in [0.3, 0.4) is 0 Å². The first-order valence-corrected chi connectivity index (χ1v) is 12.2. The number of rotatable bonds is 9. The lowest BCUT2D eigenvalue weighted by atomic mass is 10.2. The van der Waals surface area contributed by atoms with Crippen molar-refractivity contribution >= 4 is 31.1 Å². The summed E-state index contributed by atoms with van der Waals surface area (Å²) in [5, 5.41) is 1.18. The van der Waals surface area contributed by atoms with E-state index >= 15 is 0 Å². The fourth-order valence-corrected chi connectivity index (χ4v) is 5.92. The highest BCUT2D eigenvalue weighted by Crippen LogP contribution is 2.50. The van der Waals surface area contributed by atoms with Gasteiger partial charge in [0.1, 0.15) is 7.05 Å². The van der Waals surface area contributed by atoms with E-state index in [-0.39, 0.29) is 0 Å². The molecule has 0 bridgehead atoms. The van der Waals surface area contributed by atoms with Gasteiger partial charge >= 0.3 is 7.60 Å². The number of thioether (sulfide) groups is 1. The van der Waals surface area contributed by atoms with Crippen molar-refractivity contribution in [3.63, 3.8) is 0 Å². The molecule has 1 aromatic heterocycles. The zero-order valence-corrected chi connectivity index (χ0v) is 18.4. The Morgan fingerprint density at radius 2 is 1.79 bits per heavy atom. The SMILES string of the molecule is CCOP(=O)(CCCN1C(=Cc2cc[n+](C)cc2)Sc2ccccc21)OCC. The Balaban J connectivity index is 1.77. The molecule has 2 heterocycles. The van der Waals surface area contributed by atoms with Crippen LogP contribution in [-0.2, 0) is 20.7 Å². The molecular formula is C21H28N2O3PS+. The summed E-state index contributed by atoms with van der Waals surface area (Å²) in [6.45, 7) is 5.26. The molecule has 0 saturated carbocycles. The smallest absolute Gasteiger partial charge is 0.330 e. The van der Waals surface area contributed by atoms with Crippen molar-refractivity contribution in [2.75, 3.05) is 30.8 Å². The fourth-order valence-electron chi connectivity index (χ4n) is 3.12. The highest BCUT2D eigenvalue weighted by molar-refractivity contribution is 8.03. The predicted molar refractivity (Wildman–Crippen MR) is 116 cm³/mol. The molecular weight excluding hydrogens is 391 g/mol. The van der Waals surface area contributed by atoms with Gasteiger partial charge in [-0.25, -0.2) is 4.57 Å². The normalized spacial score (nSPS) is 15.2. The van der Waals surface area contributed by atoms with Crippen LogP contribution < -0.4 is 9.47 Å². The zero-order valence-electron chi connectivity index (χ0n) is 16.7. The summed E-state index contributed by atoms with van der Waals surface area (Å²) < 4.78 is 25.6. The van der Waals surface area contributed by atoms with Crippen molar-refractivity contribution in [3.8, 4) is 0 Å². The lowest BCUT2D eigenvalue weighted by Crippen LogP contribution is -2.25. The molecule has 0 atom stereocenters. The van der Waals surface area contributed by atoms with Gasteiger partial charge < -0.3 is 13.9 Å². The summed E-state index contributed by atoms with van der Waals surface area (Å²) in [7, 11) is -0.996. The van der Waals surface area contributed by atoms with E-state index in [1.165, 1.54) is 15.6 Å². The van der Waals surface area contributed by atoms with E-state index in [0.29, 0.717) is 19.4 Å². The van der Waals surface area contributed by atoms with E-state index in [2.05, 4.69) is 47.4 Å². The van der Waals surface area contributed by atoms with E-state index in [4.69, 9.17) is 9.05 Å². The minimum atomic E-state index is -3.01. The minimum absolute atomic E-state index is 0.399. The van der Waals surface area contributed by atoms with Crippen LogP contribution in [0.1, 0.15) is 25.8 Å². The molecule has 0 radical (unpaired) electrons. The second kappa shape index (κ2) is 9.75. The Morgan fingerprint density at radius 1 is 1.11 bits per heavy atom. The number of pyridine rings is 1. The molecule has 2 aromatic rings. The molecule has 0 amide bonds. The Kier molecular flexibility index (Phi) is 7.36. The lowest BCUT2D eigenvalue weighted by molar-refractivity contribution is -0.671. The first-order chi connectivity index (χ1) is 13.5. The highest BCUT2D eigenvalue weighted by Gasteiger charge is 2.27. The number of aromatic nitrogens is 1. The van der Waals surface area contributed by atoms with Crippen LogP contribution in [0.4, 0.5) is 5.69 Å². The van der Waals surface area contributed by atoms with E-state index in [1.54, 1.807) is 11.8 Å². The second-order valence-corrected chi connectivity index (χ2v) is 9.77. The van der Waals surface area contributed by atoms with Gasteiger partial charge in [-0.1, -0.05) is 23.9 Å². The van der Waals surface area contributed by atoms with Gasteiger partial charge in [-0.2, -0.15) is 0 Å². The Bertz CT molecular complexity index is 860. The van der Waals surface area contributed by atoms with Gasteiger partial charge in [-0.05, 0) is 44.0 Å². The molecule has 0 saturated heterocycles. The molecule has 0 spiro atoms. The van der Waals surface area contributed by atoms with Gasteiger partial charge in [0.15, 0.2) is 12.4 Å². The average molecular weight is 420 g/mol. The predicted octanol–water partition coefficient (Wildman–Crippen LogP) is 5.08. The number of hydrogen-bond acceptors (Lipinski definition) is 5. The van der Waals surface area contributed by atoms with Crippen molar-refractivity contribution in [2.45, 2.75) is 25.2 Å². The van der Waals surface area contributed by atoms with E-state index in [1.807, 2.05) is 37.9 Å². The Morgan fingerprint density at radius 3 is 2.46 bits per heavy atom. The third-order valence-corrected chi connectivity index (χ3v) is 7.68. The molecule has 0 aliphatic carbocycles. The summed E-state index contributed by atoms with van der Waals surface area (Å²) in [5.74, 6) is 0. The van der Waals surface area contributed by atoms with E-state index in [9.17, 15) is 4.57 Å². The third-order valence-electron chi connectivity index (χ3n) is 4.40. The Labute approximate surface area is 171 Å². The molecule has 7 heteroatoms. The van der Waals surface area contributed by atoms with Crippen LogP contribution in [0.25, 0.3) is 6.08 Å². The monoisotopic (exact) mass is 419 g/mol. The quantitative estimate of drug-likeness (QED) is 0.419. The summed E-state index contributed by atoms with van der Waals surface area (Å²) in [6, 6.07) is 12.6. The standard InChI is InChI=1S/C21H28N2O3PS/c1-4-25-27(24,26-5-2)16-8-13-23-19-9-6-7-10-20(19)28-21(23)17-18-11-14-22(3)15-12-18/h6-7,9-12,14-15,17H,4-5,8,13,16H2,1-3H3/q+1. The van der Waals surface area contributed by atoms with Crippen LogP contribution >= 0.6 is 19.4 Å². The van der Waals surface area contributed by atoms with Crippen LogP contribution in [0.2, 0.25) is 0 Å². The number of benzene rings is 1. The van der Waals surface area contributed by atoms with Crippen molar-refractivity contribution in [3.05, 3.63) is 59.4 Å². The Hall–Kier alpha value is -1.59. The topological polar surface area (TPSA) is 42.7 Å². The van der Waals surface area contributed by atoms with Crippen LogP contribution in [0.15, 0.2) is 58.7 Å². The van der Waals surface area contributed by atoms with Crippen LogP contribution in [0.5, 0.6) is 0 Å². The maximum absolute atomic E-state index is 12.8. The van der Waals surface area contributed by atoms with Crippen molar-refractivity contribution < 1.29 is 18.2 Å². The maximum atomic E-state index is 12.8. The zero-order chi connectivity index (χ0) is 20.0. The first-order valence-electron chi connectivity index (χ1n) is 9.64. The highest BCUT2D eigenvalue weighted by atomic mass is 32.2. The van der Waals surface area contributed by atoms with E-state index < -0.39 is 7.60 Å². The molecule has 3 rings (SSSR count). The first kappa shape index (κ1) is 21.1. The number of hydrogen-bond donors (Lipinski definition) is 0. The maximum Gasteiger partial charge on any atom is 0.330 e. The summed E-state index contributed by atoms with van der Waals surface area (Å²) in [4.78, 5) is 3.54. The summed E-state index contributed by atoms with van der Waals surface area (Å²) in [5.41, 5.74) is 2.36. The number of para-hydroxylation sites is 1. The molecule has 0 fully saturated rings. The minimum Gasteiger partial charge on any atom is -0.335 e. The van der Waals surface area contributed by atoms with Gasteiger partial charge in [0, 0.05) is 23.6 Å².